The van der Waals surface area contributed by atoms with Crippen LogP contribution in [0, 0.1) is 11.8 Å². The molecule has 4 aliphatic heterocycles. The van der Waals surface area contributed by atoms with Gasteiger partial charge in [0.1, 0.15) is 44.2 Å². The van der Waals surface area contributed by atoms with Gasteiger partial charge in [0.15, 0.2) is 11.5 Å². The van der Waals surface area contributed by atoms with E-state index >= 15 is 0 Å². The second-order valence-corrected chi connectivity index (χ2v) is 26.7. The summed E-state index contributed by atoms with van der Waals surface area (Å²) in [5, 5.41) is 47.8. The number of amides is 5. The molecule has 2 aromatic carbocycles. The predicted octanol–water partition coefficient (Wildman–Crippen LogP) is 5.97. The number of hydrogen-bond acceptors (Lipinski definition) is 14. The molecule has 3 saturated heterocycles. The number of carbonyl (C=O) groups is 5. The maximum absolute atomic E-state index is 13.9. The van der Waals surface area contributed by atoms with E-state index in [0.717, 1.165) is 112 Å². The Morgan fingerprint density at radius 2 is 1.39 bits per heavy atom. The van der Waals surface area contributed by atoms with Gasteiger partial charge in [-0.2, -0.15) is 0 Å². The predicted molar refractivity (Wildman–Crippen MR) is 319 cm³/mol. The number of phenols is 1. The Labute approximate surface area is 509 Å². The number of unbranched alkanes of at least 4 members (excludes halogenated alkanes) is 4. The lowest BCUT2D eigenvalue weighted by molar-refractivity contribution is -0.192. The van der Waals surface area contributed by atoms with Crippen molar-refractivity contribution in [2.75, 3.05) is 65.7 Å². The van der Waals surface area contributed by atoms with Crippen LogP contribution in [-0.2, 0) is 51.7 Å². The Morgan fingerprint density at radius 3 is 2.05 bits per heavy atom. The topological polar surface area (TPSA) is 251 Å². The van der Waals surface area contributed by atoms with E-state index in [1.54, 1.807) is 6.07 Å². The Hall–Kier alpha value is -5.81. The summed E-state index contributed by atoms with van der Waals surface area (Å²) in [7, 11) is 0. The second-order valence-electron chi connectivity index (χ2n) is 26.7. The maximum Gasteiger partial charge on any atom is 0.248 e. The third-order valence-electron chi connectivity index (χ3n) is 20.5. The van der Waals surface area contributed by atoms with Crippen LogP contribution in [0.1, 0.15) is 182 Å². The van der Waals surface area contributed by atoms with Gasteiger partial charge in [0.25, 0.3) is 0 Å². The number of phenolic OH excluding ortho intramolecular Hbond substituents is 1. The van der Waals surface area contributed by atoms with Crippen LogP contribution >= 0.6 is 0 Å². The summed E-state index contributed by atoms with van der Waals surface area (Å²) in [4.78, 5) is 69.6. The van der Waals surface area contributed by atoms with E-state index in [-0.39, 0.29) is 111 Å². The first-order chi connectivity index (χ1) is 42.0. The van der Waals surface area contributed by atoms with Crippen LogP contribution in [0.25, 0.3) is 0 Å². The van der Waals surface area contributed by atoms with Crippen LogP contribution < -0.4 is 31.3 Å². The normalized spacial score (nSPS) is 27.5. The summed E-state index contributed by atoms with van der Waals surface area (Å²) in [5.41, 5.74) is 1.25. The molecule has 4 bridgehead atoms. The fourth-order valence-electron chi connectivity index (χ4n) is 16.1. The number of hydrogen-bond donors (Lipinski definition) is 7. The number of aliphatic hydroxyl groups is 1. The van der Waals surface area contributed by atoms with Gasteiger partial charge in [-0.05, 0) is 126 Å². The molecular weight excluding hydrogens is 1120 g/mol. The van der Waals surface area contributed by atoms with E-state index in [4.69, 9.17) is 14.2 Å². The molecule has 87 heavy (non-hydrogen) atoms. The van der Waals surface area contributed by atoms with Gasteiger partial charge in [-0.3, -0.25) is 33.8 Å². The first-order valence-corrected chi connectivity index (χ1v) is 32.7. The number of fused-ring (bicyclic) bond motifs is 2. The molecule has 1 aromatic heterocycles. The Balaban J connectivity index is 0.523. The highest BCUT2D eigenvalue weighted by atomic mass is 19.3. The molecule has 7 N–H and O–H groups in total. The van der Waals surface area contributed by atoms with Gasteiger partial charge in [0.05, 0.1) is 23.1 Å². The van der Waals surface area contributed by atoms with Crippen LogP contribution in [-0.4, -0.2) is 172 Å². The number of halogens is 2. The van der Waals surface area contributed by atoms with Crippen LogP contribution in [0.5, 0.6) is 11.5 Å². The molecule has 1 unspecified atom stereocenters. The van der Waals surface area contributed by atoms with Crippen molar-refractivity contribution in [1.82, 2.24) is 51.1 Å². The molecule has 1 spiro atoms. The lowest BCUT2D eigenvalue weighted by Gasteiger charge is -2.64. The van der Waals surface area contributed by atoms with Crippen molar-refractivity contribution in [1.29, 1.82) is 0 Å². The molecule has 0 radical (unpaired) electrons. The number of likely N-dealkylation sites (tertiary alicyclic amines) is 1. The largest absolute Gasteiger partial charge is 0.504 e. The molecule has 9 atom stereocenters. The van der Waals surface area contributed by atoms with E-state index in [0.29, 0.717) is 75.5 Å². The van der Waals surface area contributed by atoms with Gasteiger partial charge in [-0.1, -0.05) is 69.5 Å². The second kappa shape index (κ2) is 27.5. The number of aromatic nitrogens is 3. The lowest BCUT2D eigenvalue weighted by atomic mass is 9.48. The Morgan fingerprint density at radius 1 is 0.747 bits per heavy atom. The molecule has 20 nitrogen and oxygen atoms in total. The van der Waals surface area contributed by atoms with Crippen LogP contribution in [0.15, 0.2) is 42.5 Å². The monoisotopic (exact) mass is 1210 g/mol. The molecule has 3 aromatic rings. The first kappa shape index (κ1) is 62.8. The number of aromatic hydroxyl groups is 1. The molecule has 6 fully saturated rings. The summed E-state index contributed by atoms with van der Waals surface area (Å²) in [5.74, 6) is -1.42. The van der Waals surface area contributed by atoms with E-state index < -0.39 is 35.0 Å². The number of carbonyl (C=O) groups excluding carboxylic acids is 5. The quantitative estimate of drug-likeness (QED) is 0.0380. The summed E-state index contributed by atoms with van der Waals surface area (Å²) in [6, 6.07) is 13.8. The molecule has 3 saturated carbocycles. The van der Waals surface area contributed by atoms with Crippen LogP contribution in [0.2, 0.25) is 0 Å². The zero-order chi connectivity index (χ0) is 60.9. The first-order valence-electron chi connectivity index (χ1n) is 32.7. The minimum absolute atomic E-state index is 0.0507. The third-order valence-corrected chi connectivity index (χ3v) is 20.5. The highest BCUT2D eigenvalue weighted by molar-refractivity contribution is 5.81. The van der Waals surface area contributed by atoms with E-state index in [9.17, 15) is 43.0 Å². The van der Waals surface area contributed by atoms with Crippen LogP contribution in [0.3, 0.4) is 0 Å². The van der Waals surface area contributed by atoms with Gasteiger partial charge < -0.3 is 55.6 Å². The molecule has 8 aliphatic rings. The zero-order valence-electron chi connectivity index (χ0n) is 50.9. The maximum atomic E-state index is 13.9. The van der Waals surface area contributed by atoms with E-state index in [1.165, 1.54) is 12.8 Å². The number of nitrogens with zero attached hydrogens (tertiary/aromatic N) is 5. The minimum Gasteiger partial charge on any atom is -0.504 e. The standard InChI is InChI=1S/C65H92F2N10O10/c1-41(2)61-74-73-53(77(61)48-34-46-16-17-47(35-48)76(46)31-23-49(43-11-7-6-8-12-43)72-62(83)44-19-24-63(66,67)25-20-44)22-30-70-56(81)39-85-37-54(79)68-28-9-4-3-5-10-29-69-55(80)38-86-40-57(82)71-50-21-26-65(84)52-33-45-15-18-51(78)59-58(45)64(65,60(50)87-59)27-32-75(52)36-42-13-14-42/h6-8,11-12,15,18,41-42,44,46-50,52,60,78,84H,3-5,9-10,13-14,16-17,19-40H2,1-2H3,(H,68,79)(H,69,80)(H,70,81)(H,71,82)(H,72,83)/t46-,47+,48?,49-,50+,52+,60-,64-,65+/m0/s1. The molecule has 11 rings (SSSR count). The van der Waals surface area contributed by atoms with Gasteiger partial charge >= 0.3 is 0 Å². The summed E-state index contributed by atoms with van der Waals surface area (Å²) in [6.45, 7) is 7.12. The average Bonchev–Trinajstić information content (AvgIpc) is 1.60. The fourth-order valence-corrected chi connectivity index (χ4v) is 16.1. The summed E-state index contributed by atoms with van der Waals surface area (Å²) >= 11 is 0. The molecule has 4 aliphatic carbocycles. The zero-order valence-corrected chi connectivity index (χ0v) is 50.9. The highest BCUT2D eigenvalue weighted by Crippen LogP contribution is 2.65. The number of piperidine rings is 2. The molecule has 476 valence electrons. The van der Waals surface area contributed by atoms with E-state index in [2.05, 4.69) is 65.0 Å². The van der Waals surface area contributed by atoms with Gasteiger partial charge in [0, 0.05) is 93.6 Å². The van der Waals surface area contributed by atoms with Crippen molar-refractivity contribution in [3.63, 3.8) is 0 Å². The van der Waals surface area contributed by atoms with Crippen molar-refractivity contribution in [2.45, 2.75) is 214 Å². The van der Waals surface area contributed by atoms with Crippen molar-refractivity contribution < 1.29 is 57.2 Å². The third kappa shape index (κ3) is 14.1. The van der Waals surface area contributed by atoms with Gasteiger partial charge in [-0.25, -0.2) is 8.78 Å². The Bertz CT molecular complexity index is 2890. The van der Waals surface area contributed by atoms with Crippen molar-refractivity contribution >= 4 is 29.5 Å². The van der Waals surface area contributed by atoms with Crippen molar-refractivity contribution in [2.24, 2.45) is 11.8 Å². The summed E-state index contributed by atoms with van der Waals surface area (Å²) < 4.78 is 47.6. The number of benzene rings is 2. The highest BCUT2D eigenvalue weighted by Gasteiger charge is 2.73. The Kier molecular flexibility index (Phi) is 19.9. The molecule has 5 amide bonds. The molecule has 5 heterocycles. The minimum atomic E-state index is -2.69. The van der Waals surface area contributed by atoms with Crippen molar-refractivity contribution in [3.05, 3.63) is 70.8 Å². The average molecular weight is 1210 g/mol. The van der Waals surface area contributed by atoms with Gasteiger partial charge in [0.2, 0.25) is 35.5 Å². The fraction of sp³-hybridized carbons (Fsp3) is 0.708. The smallest absolute Gasteiger partial charge is 0.248 e. The van der Waals surface area contributed by atoms with Crippen LogP contribution in [0.4, 0.5) is 8.78 Å². The van der Waals surface area contributed by atoms with Gasteiger partial charge in [-0.15, -0.1) is 10.2 Å². The number of nitrogens with one attached hydrogen (secondary N) is 5. The SMILES string of the molecule is CC(C)c1nnc(CCNC(=O)COCC(=O)NCCCCCCCNC(=O)COCC(=O)N[C@@H]2CC[C@@]3(O)[C@H]4Cc5ccc(O)c6c5[C@@]3(CCN4CC3CC3)[C@H]2O6)n1C1C[C@H]2CC[C@@H](C1)N2CC[C@H](NC(=O)C1CCC(F)(F)CC1)c1ccccc1. The number of alkyl halides is 2. The molecule has 22 heteroatoms. The van der Waals surface area contributed by atoms with Crippen molar-refractivity contribution in [3.8, 4) is 11.5 Å². The number of rotatable bonds is 30. The lowest BCUT2D eigenvalue weighted by Crippen LogP contribution is -2.78. The molecular formula is C65H92F2N10O10. The van der Waals surface area contributed by atoms with E-state index in [1.807, 2.05) is 36.4 Å². The summed E-state index contributed by atoms with van der Waals surface area (Å²) in [6.07, 6.45) is 13.7. The number of ether oxygens (including phenoxy) is 3.